The highest BCUT2D eigenvalue weighted by molar-refractivity contribution is 7.99. The number of nitrogens with zero attached hydrogens (tertiary/aromatic N) is 1. The zero-order valence-corrected chi connectivity index (χ0v) is 10.6. The average Bonchev–Trinajstić information content (AvgIpc) is 2.79. The van der Waals surface area contributed by atoms with Crippen molar-refractivity contribution >= 4 is 17.5 Å². The number of carbonyl (C=O) groups excluding carboxylic acids is 1. The molecular weight excluding hydrogens is 230 g/mol. The number of ketones is 1. The molecule has 0 saturated carbocycles. The molecule has 1 aromatic carbocycles. The minimum atomic E-state index is 0.125. The van der Waals surface area contributed by atoms with Crippen molar-refractivity contribution in [1.82, 2.24) is 4.57 Å². The predicted molar refractivity (Wildman–Crippen MR) is 71.6 cm³/mol. The molecule has 0 aliphatic rings. The number of benzene rings is 1. The lowest BCUT2D eigenvalue weighted by molar-refractivity contribution is 0.101. The summed E-state index contributed by atoms with van der Waals surface area (Å²) in [6.07, 6.45) is 3.87. The maximum atomic E-state index is 11.1. The van der Waals surface area contributed by atoms with Crippen molar-refractivity contribution in [3.8, 4) is 0 Å². The van der Waals surface area contributed by atoms with Crippen molar-refractivity contribution in [2.45, 2.75) is 18.4 Å². The van der Waals surface area contributed by atoms with Gasteiger partial charge in [0, 0.05) is 35.2 Å². The molecule has 2 nitrogen and oxygen atoms in total. The number of rotatable bonds is 5. The molecule has 1 heterocycles. The molecule has 0 unspecified atom stereocenters. The number of thioether (sulfide) groups is 1. The smallest absolute Gasteiger partial charge is 0.161 e. The molecule has 0 N–H and O–H groups in total. The second kappa shape index (κ2) is 5.73. The normalized spacial score (nSPS) is 10.4. The van der Waals surface area contributed by atoms with E-state index in [1.807, 2.05) is 48.4 Å². The zero-order valence-electron chi connectivity index (χ0n) is 9.80. The Morgan fingerprint density at radius 2 is 2.00 bits per heavy atom. The first kappa shape index (κ1) is 12.0. The summed E-state index contributed by atoms with van der Waals surface area (Å²) in [6, 6.07) is 12.2. The van der Waals surface area contributed by atoms with Gasteiger partial charge in [-0.25, -0.2) is 0 Å². The number of aromatic nitrogens is 1. The van der Waals surface area contributed by atoms with E-state index in [1.54, 1.807) is 6.92 Å². The second-order valence-corrected chi connectivity index (χ2v) is 5.02. The molecule has 0 aliphatic carbocycles. The van der Waals surface area contributed by atoms with Gasteiger partial charge in [-0.3, -0.25) is 4.79 Å². The minimum absolute atomic E-state index is 0.125. The van der Waals surface area contributed by atoms with Gasteiger partial charge in [0.25, 0.3) is 0 Å². The molecular formula is C14H15NOS. The molecule has 0 aliphatic heterocycles. The summed E-state index contributed by atoms with van der Waals surface area (Å²) in [7, 11) is 0. The highest BCUT2D eigenvalue weighted by atomic mass is 32.2. The largest absolute Gasteiger partial charge is 0.353 e. The van der Waals surface area contributed by atoms with Gasteiger partial charge < -0.3 is 4.57 Å². The third kappa shape index (κ3) is 3.49. The van der Waals surface area contributed by atoms with Gasteiger partial charge in [-0.15, -0.1) is 11.8 Å². The number of hydrogen-bond acceptors (Lipinski definition) is 2. The summed E-state index contributed by atoms with van der Waals surface area (Å²) < 4.78 is 2.06. The Labute approximate surface area is 106 Å². The number of hydrogen-bond donors (Lipinski definition) is 0. The first-order valence-electron chi connectivity index (χ1n) is 5.60. The molecule has 0 saturated heterocycles. The summed E-state index contributed by atoms with van der Waals surface area (Å²) in [5, 5.41) is 0. The first-order chi connectivity index (χ1) is 8.25. The van der Waals surface area contributed by atoms with Gasteiger partial charge in [0.1, 0.15) is 0 Å². The van der Waals surface area contributed by atoms with Crippen LogP contribution < -0.4 is 0 Å². The maximum Gasteiger partial charge on any atom is 0.161 e. The first-order valence-corrected chi connectivity index (χ1v) is 6.59. The van der Waals surface area contributed by atoms with E-state index in [2.05, 4.69) is 16.7 Å². The van der Waals surface area contributed by atoms with Crippen LogP contribution >= 0.6 is 11.8 Å². The number of carbonyl (C=O) groups is 1. The summed E-state index contributed by atoms with van der Waals surface area (Å²) in [6.45, 7) is 2.52. The van der Waals surface area contributed by atoms with Crippen molar-refractivity contribution in [3.05, 3.63) is 54.4 Å². The van der Waals surface area contributed by atoms with Crippen LogP contribution in [0.3, 0.4) is 0 Å². The van der Waals surface area contributed by atoms with Gasteiger partial charge in [-0.05, 0) is 25.1 Å². The second-order valence-electron chi connectivity index (χ2n) is 3.86. The lowest BCUT2D eigenvalue weighted by Crippen LogP contribution is -1.97. The molecule has 17 heavy (non-hydrogen) atoms. The van der Waals surface area contributed by atoms with Crippen molar-refractivity contribution < 1.29 is 4.79 Å². The highest BCUT2D eigenvalue weighted by Crippen LogP contribution is 2.17. The standard InChI is InChI=1S/C14H15NOS/c1-12(16)13-7-8-15(11-13)9-10-17-14-5-3-2-4-6-14/h2-8,11H,9-10H2,1H3. The van der Waals surface area contributed by atoms with E-state index in [1.165, 1.54) is 4.90 Å². The fourth-order valence-corrected chi connectivity index (χ4v) is 2.46. The van der Waals surface area contributed by atoms with Crippen molar-refractivity contribution in [1.29, 1.82) is 0 Å². The Morgan fingerprint density at radius 1 is 1.24 bits per heavy atom. The number of aryl methyl sites for hydroxylation is 1. The van der Waals surface area contributed by atoms with Crippen LogP contribution in [0.25, 0.3) is 0 Å². The summed E-state index contributed by atoms with van der Waals surface area (Å²) in [5.41, 5.74) is 0.787. The van der Waals surface area contributed by atoms with Gasteiger partial charge in [0.15, 0.2) is 5.78 Å². The SMILES string of the molecule is CC(=O)c1ccn(CCSc2ccccc2)c1. The summed E-state index contributed by atoms with van der Waals surface area (Å²) in [4.78, 5) is 12.4. The van der Waals surface area contributed by atoms with Gasteiger partial charge >= 0.3 is 0 Å². The van der Waals surface area contributed by atoms with E-state index in [0.29, 0.717) is 0 Å². The molecule has 2 aromatic rings. The molecule has 0 amide bonds. The van der Waals surface area contributed by atoms with Crippen LogP contribution in [0.4, 0.5) is 0 Å². The van der Waals surface area contributed by atoms with Gasteiger partial charge in [-0.2, -0.15) is 0 Å². The fourth-order valence-electron chi connectivity index (χ4n) is 1.57. The fraction of sp³-hybridized carbons (Fsp3) is 0.214. The summed E-state index contributed by atoms with van der Waals surface area (Å²) >= 11 is 1.83. The average molecular weight is 245 g/mol. The van der Waals surface area contributed by atoms with Gasteiger partial charge in [0.05, 0.1) is 0 Å². The van der Waals surface area contributed by atoms with Crippen LogP contribution in [0.15, 0.2) is 53.7 Å². The monoisotopic (exact) mass is 245 g/mol. The number of Topliss-reactive ketones (excluding diaryl/α,β-unsaturated/α-hetero) is 1. The van der Waals surface area contributed by atoms with E-state index in [-0.39, 0.29) is 5.78 Å². The lowest BCUT2D eigenvalue weighted by atomic mass is 10.2. The highest BCUT2D eigenvalue weighted by Gasteiger charge is 2.01. The molecule has 0 fully saturated rings. The van der Waals surface area contributed by atoms with Crippen molar-refractivity contribution in [3.63, 3.8) is 0 Å². The van der Waals surface area contributed by atoms with E-state index in [4.69, 9.17) is 0 Å². The third-order valence-corrected chi connectivity index (χ3v) is 3.51. The van der Waals surface area contributed by atoms with Crippen LogP contribution in [0, 0.1) is 0 Å². The molecule has 3 heteroatoms. The van der Waals surface area contributed by atoms with Gasteiger partial charge in [0.2, 0.25) is 0 Å². The molecule has 88 valence electrons. The lowest BCUT2D eigenvalue weighted by Gasteiger charge is -2.02. The maximum absolute atomic E-state index is 11.1. The predicted octanol–water partition coefficient (Wildman–Crippen LogP) is 3.48. The summed E-state index contributed by atoms with van der Waals surface area (Å²) in [5.74, 6) is 1.13. The third-order valence-electron chi connectivity index (χ3n) is 2.52. The van der Waals surface area contributed by atoms with Crippen molar-refractivity contribution in [2.24, 2.45) is 0 Å². The topological polar surface area (TPSA) is 22.0 Å². The molecule has 0 radical (unpaired) electrons. The van der Waals surface area contributed by atoms with Crippen molar-refractivity contribution in [2.75, 3.05) is 5.75 Å². The molecule has 0 bridgehead atoms. The molecule has 0 atom stereocenters. The Hall–Kier alpha value is -1.48. The van der Waals surface area contributed by atoms with E-state index in [9.17, 15) is 4.79 Å². The van der Waals surface area contributed by atoms with Crippen LogP contribution in [-0.2, 0) is 6.54 Å². The molecule has 1 aromatic heterocycles. The van der Waals surface area contributed by atoms with Crippen LogP contribution in [0.1, 0.15) is 17.3 Å². The van der Waals surface area contributed by atoms with Crippen LogP contribution in [0.2, 0.25) is 0 Å². The Balaban J connectivity index is 1.84. The van der Waals surface area contributed by atoms with Crippen LogP contribution in [-0.4, -0.2) is 16.1 Å². The Morgan fingerprint density at radius 3 is 2.65 bits per heavy atom. The Bertz CT molecular complexity index is 490. The van der Waals surface area contributed by atoms with Gasteiger partial charge in [-0.1, -0.05) is 18.2 Å². The molecule has 2 rings (SSSR count). The minimum Gasteiger partial charge on any atom is -0.353 e. The van der Waals surface area contributed by atoms with E-state index < -0.39 is 0 Å². The quantitative estimate of drug-likeness (QED) is 0.594. The zero-order chi connectivity index (χ0) is 12.1. The Kier molecular flexibility index (Phi) is 4.04. The van der Waals surface area contributed by atoms with Crippen LogP contribution in [0.5, 0.6) is 0 Å². The van der Waals surface area contributed by atoms with E-state index >= 15 is 0 Å². The molecule has 0 spiro atoms. The van der Waals surface area contributed by atoms with E-state index in [0.717, 1.165) is 17.9 Å².